The van der Waals surface area contributed by atoms with E-state index in [1.807, 2.05) is 13.8 Å². The summed E-state index contributed by atoms with van der Waals surface area (Å²) in [5, 5.41) is 11.8. The molecule has 0 heterocycles. The van der Waals surface area contributed by atoms with E-state index in [-0.39, 0.29) is 6.03 Å². The predicted molar refractivity (Wildman–Crippen MR) is 58.9 cm³/mol. The van der Waals surface area contributed by atoms with Crippen molar-refractivity contribution in [2.45, 2.75) is 32.9 Å². The third-order valence-corrected chi connectivity index (χ3v) is 2.27. The Labute approximate surface area is 95.6 Å². The number of aliphatic hydroxyl groups excluding tert-OH is 1. The maximum Gasteiger partial charge on any atom is 0.331 e. The molecule has 0 rings (SSSR count). The first-order valence-corrected chi connectivity index (χ1v) is 5.29. The highest BCUT2D eigenvalue weighted by Gasteiger charge is 2.27. The van der Waals surface area contributed by atoms with Crippen molar-refractivity contribution in [1.29, 1.82) is 0 Å². The van der Waals surface area contributed by atoms with E-state index in [0.29, 0.717) is 13.1 Å². The van der Waals surface area contributed by atoms with Gasteiger partial charge < -0.3 is 20.1 Å². The van der Waals surface area contributed by atoms with E-state index in [2.05, 4.69) is 10.1 Å². The number of esters is 1. The molecule has 0 fully saturated rings. The van der Waals surface area contributed by atoms with E-state index in [4.69, 9.17) is 0 Å². The van der Waals surface area contributed by atoms with Crippen LogP contribution in [0.3, 0.4) is 0 Å². The minimum absolute atomic E-state index is 0.388. The molecule has 0 aromatic rings. The summed E-state index contributed by atoms with van der Waals surface area (Å²) in [5.41, 5.74) is 0. The average Bonchev–Trinajstić information content (AvgIpc) is 2.26. The van der Waals surface area contributed by atoms with Crippen molar-refractivity contribution in [2.75, 3.05) is 20.2 Å². The Balaban J connectivity index is 4.51. The van der Waals surface area contributed by atoms with E-state index in [9.17, 15) is 14.7 Å². The number of hydrogen-bond acceptors (Lipinski definition) is 4. The second kappa shape index (κ2) is 7.05. The molecule has 0 aromatic heterocycles. The second-order valence-electron chi connectivity index (χ2n) is 3.36. The first-order chi connectivity index (χ1) is 7.47. The Morgan fingerprint density at radius 3 is 2.19 bits per heavy atom. The van der Waals surface area contributed by atoms with Crippen molar-refractivity contribution in [3.63, 3.8) is 0 Å². The number of carbonyl (C=O) groups is 2. The second-order valence-corrected chi connectivity index (χ2v) is 3.36. The van der Waals surface area contributed by atoms with Crippen molar-refractivity contribution in [3.8, 4) is 0 Å². The van der Waals surface area contributed by atoms with Gasteiger partial charge in [0.05, 0.1) is 13.2 Å². The van der Waals surface area contributed by atoms with Crippen LogP contribution in [0.1, 0.15) is 20.8 Å². The van der Waals surface area contributed by atoms with E-state index < -0.39 is 18.1 Å². The molecule has 16 heavy (non-hydrogen) atoms. The molecule has 0 aliphatic rings. The summed E-state index contributed by atoms with van der Waals surface area (Å²) in [7, 11) is 1.21. The zero-order valence-electron chi connectivity index (χ0n) is 10.2. The lowest BCUT2D eigenvalue weighted by molar-refractivity contribution is -0.145. The van der Waals surface area contributed by atoms with Crippen molar-refractivity contribution >= 4 is 12.0 Å². The third kappa shape index (κ3) is 4.06. The van der Waals surface area contributed by atoms with Gasteiger partial charge in [-0.3, -0.25) is 0 Å². The Hall–Kier alpha value is -1.30. The molecule has 6 nitrogen and oxygen atoms in total. The average molecular weight is 232 g/mol. The molecular formula is C10H20N2O4. The summed E-state index contributed by atoms with van der Waals surface area (Å²) in [4.78, 5) is 24.4. The first-order valence-electron chi connectivity index (χ1n) is 5.29. The lowest BCUT2D eigenvalue weighted by atomic mass is 10.2. The van der Waals surface area contributed by atoms with Crippen LogP contribution in [0.4, 0.5) is 4.79 Å². The molecular weight excluding hydrogens is 212 g/mol. The van der Waals surface area contributed by atoms with Crippen molar-refractivity contribution < 1.29 is 19.4 Å². The Kier molecular flexibility index (Phi) is 6.48. The van der Waals surface area contributed by atoms with E-state index in [1.165, 1.54) is 18.9 Å². The number of amides is 2. The van der Waals surface area contributed by atoms with Gasteiger partial charge in [-0.15, -0.1) is 0 Å². The number of nitrogens with zero attached hydrogens (tertiary/aromatic N) is 1. The van der Waals surface area contributed by atoms with Crippen LogP contribution in [-0.4, -0.2) is 54.4 Å². The lowest BCUT2D eigenvalue weighted by Gasteiger charge is -2.24. The van der Waals surface area contributed by atoms with Gasteiger partial charge in [0.2, 0.25) is 0 Å². The molecule has 0 bridgehead atoms. The van der Waals surface area contributed by atoms with Gasteiger partial charge in [-0.25, -0.2) is 9.59 Å². The number of methoxy groups -OCH3 is 1. The minimum atomic E-state index is -1.03. The molecule has 2 N–H and O–H groups in total. The maximum absolute atomic E-state index is 11.6. The summed E-state index contributed by atoms with van der Waals surface area (Å²) < 4.78 is 4.49. The van der Waals surface area contributed by atoms with Gasteiger partial charge in [-0.05, 0) is 20.8 Å². The normalized spacial score (nSPS) is 13.8. The first kappa shape index (κ1) is 14.7. The van der Waals surface area contributed by atoms with Gasteiger partial charge in [-0.1, -0.05) is 0 Å². The van der Waals surface area contributed by atoms with Crippen LogP contribution in [0.15, 0.2) is 0 Å². The van der Waals surface area contributed by atoms with Crippen LogP contribution in [0.2, 0.25) is 0 Å². The standard InChI is InChI=1S/C10H20N2O4/c1-5-12(6-2)10(15)11-8(7(3)13)9(14)16-4/h7-8,13H,5-6H2,1-4H3,(H,11,15)/t7-,8-/m0/s1. The highest BCUT2D eigenvalue weighted by Crippen LogP contribution is 1.98. The number of ether oxygens (including phenoxy) is 1. The van der Waals surface area contributed by atoms with Crippen LogP contribution in [0, 0.1) is 0 Å². The van der Waals surface area contributed by atoms with Gasteiger partial charge >= 0.3 is 12.0 Å². The Bertz CT molecular complexity index is 239. The highest BCUT2D eigenvalue weighted by atomic mass is 16.5. The van der Waals surface area contributed by atoms with Crippen molar-refractivity contribution in [2.24, 2.45) is 0 Å². The number of carbonyl (C=O) groups excluding carboxylic acids is 2. The number of nitrogens with one attached hydrogen (secondary N) is 1. The van der Waals surface area contributed by atoms with Gasteiger partial charge in [-0.2, -0.15) is 0 Å². The molecule has 0 unspecified atom stereocenters. The number of aliphatic hydroxyl groups is 1. The van der Waals surface area contributed by atoms with Gasteiger partial charge in [0.15, 0.2) is 6.04 Å². The third-order valence-electron chi connectivity index (χ3n) is 2.27. The summed E-state index contributed by atoms with van der Waals surface area (Å²) >= 11 is 0. The number of urea groups is 1. The summed E-state index contributed by atoms with van der Waals surface area (Å²) in [6, 6.07) is -1.42. The van der Waals surface area contributed by atoms with Gasteiger partial charge in [0, 0.05) is 13.1 Å². The van der Waals surface area contributed by atoms with Gasteiger partial charge in [0.25, 0.3) is 0 Å². The van der Waals surface area contributed by atoms with Crippen LogP contribution in [0.25, 0.3) is 0 Å². The molecule has 0 radical (unpaired) electrons. The van der Waals surface area contributed by atoms with E-state index in [1.54, 1.807) is 0 Å². The smallest absolute Gasteiger partial charge is 0.331 e. The zero-order valence-corrected chi connectivity index (χ0v) is 10.2. The molecule has 0 saturated heterocycles. The predicted octanol–water partition coefficient (Wildman–Crippen LogP) is -0.0398. The molecule has 94 valence electrons. The van der Waals surface area contributed by atoms with Crippen molar-refractivity contribution in [1.82, 2.24) is 10.2 Å². The monoisotopic (exact) mass is 232 g/mol. The summed E-state index contributed by atoms with van der Waals surface area (Å²) in [6.45, 7) is 6.16. The van der Waals surface area contributed by atoms with Crippen LogP contribution >= 0.6 is 0 Å². The maximum atomic E-state index is 11.6. The van der Waals surface area contributed by atoms with Crippen LogP contribution in [0.5, 0.6) is 0 Å². The fourth-order valence-electron chi connectivity index (χ4n) is 1.24. The molecule has 0 saturated carbocycles. The fraction of sp³-hybridized carbons (Fsp3) is 0.800. The van der Waals surface area contributed by atoms with E-state index >= 15 is 0 Å². The summed E-state index contributed by atoms with van der Waals surface area (Å²) in [6.07, 6.45) is -0.994. The molecule has 2 atom stereocenters. The SMILES string of the molecule is CCN(CC)C(=O)N[C@H](C(=O)OC)[C@H](C)O. The van der Waals surface area contributed by atoms with Crippen LogP contribution < -0.4 is 5.32 Å². The molecule has 6 heteroatoms. The number of rotatable bonds is 5. The highest BCUT2D eigenvalue weighted by molar-refractivity contribution is 5.84. The molecule has 0 aromatic carbocycles. The Morgan fingerprint density at radius 1 is 1.38 bits per heavy atom. The molecule has 0 aliphatic carbocycles. The topological polar surface area (TPSA) is 78.9 Å². The lowest BCUT2D eigenvalue weighted by Crippen LogP contribution is -2.52. The van der Waals surface area contributed by atoms with Crippen molar-refractivity contribution in [3.05, 3.63) is 0 Å². The number of hydrogen-bond donors (Lipinski definition) is 2. The molecule has 2 amide bonds. The summed E-state index contributed by atoms with van der Waals surface area (Å²) in [5.74, 6) is -0.657. The minimum Gasteiger partial charge on any atom is -0.467 e. The zero-order chi connectivity index (χ0) is 12.7. The van der Waals surface area contributed by atoms with E-state index in [0.717, 1.165) is 0 Å². The molecule has 0 aliphatic heterocycles. The van der Waals surface area contributed by atoms with Crippen LogP contribution in [-0.2, 0) is 9.53 Å². The van der Waals surface area contributed by atoms with Gasteiger partial charge in [0.1, 0.15) is 0 Å². The fourth-order valence-corrected chi connectivity index (χ4v) is 1.24. The Morgan fingerprint density at radius 2 is 1.88 bits per heavy atom. The largest absolute Gasteiger partial charge is 0.467 e. The molecule has 0 spiro atoms. The quantitative estimate of drug-likeness (QED) is 0.652.